The molecule has 6 nitrogen and oxygen atoms in total. The van der Waals surface area contributed by atoms with E-state index in [2.05, 4.69) is 118 Å². The number of hydrogen-bond donors (Lipinski definition) is 0. The number of hydrogen-bond acceptors (Lipinski definition) is 6. The van der Waals surface area contributed by atoms with Crippen LogP contribution < -0.4 is 0 Å². The van der Waals surface area contributed by atoms with Gasteiger partial charge in [0.1, 0.15) is 13.2 Å². The summed E-state index contributed by atoms with van der Waals surface area (Å²) in [6.45, 7) is 6.28. The lowest BCUT2D eigenvalue weighted by molar-refractivity contribution is -0.167. The highest BCUT2D eigenvalue weighted by atomic mass is 16.6. The maximum atomic E-state index is 12.7. The normalized spacial score (nSPS) is 12.9. The smallest absolute Gasteiger partial charge is 0.306 e. The van der Waals surface area contributed by atoms with Gasteiger partial charge in [-0.2, -0.15) is 0 Å². The van der Waals surface area contributed by atoms with E-state index in [1.54, 1.807) is 0 Å². The van der Waals surface area contributed by atoms with Crippen molar-refractivity contribution in [1.29, 1.82) is 0 Å². The van der Waals surface area contributed by atoms with Crippen molar-refractivity contribution < 1.29 is 28.6 Å². The highest BCUT2D eigenvalue weighted by Crippen LogP contribution is 2.13. The second-order valence-corrected chi connectivity index (χ2v) is 15.2. The van der Waals surface area contributed by atoms with E-state index in [-0.39, 0.29) is 37.5 Å². The van der Waals surface area contributed by atoms with E-state index in [4.69, 9.17) is 14.2 Å². The molecule has 0 aromatic rings. The molecule has 0 aliphatic heterocycles. The Bertz CT molecular complexity index is 1220. The summed E-state index contributed by atoms with van der Waals surface area (Å²) >= 11 is 0. The molecule has 0 N–H and O–H groups in total. The maximum absolute atomic E-state index is 12.7. The Labute approximate surface area is 362 Å². The fraction of sp³-hybridized carbons (Fsp3) is 0.642. The lowest BCUT2D eigenvalue weighted by Crippen LogP contribution is -2.30. The molecule has 6 heteroatoms. The van der Waals surface area contributed by atoms with Gasteiger partial charge in [0.05, 0.1) is 0 Å². The lowest BCUT2D eigenvalue weighted by atomic mass is 10.1. The van der Waals surface area contributed by atoms with E-state index in [0.717, 1.165) is 89.9 Å². The third kappa shape index (κ3) is 45.3. The van der Waals surface area contributed by atoms with Crippen LogP contribution in [0, 0.1) is 0 Å². The maximum Gasteiger partial charge on any atom is 0.306 e. The number of carbonyl (C=O) groups is 3. The molecule has 1 atom stereocenters. The van der Waals surface area contributed by atoms with Crippen molar-refractivity contribution in [2.24, 2.45) is 0 Å². The van der Waals surface area contributed by atoms with E-state index in [1.165, 1.54) is 64.2 Å². The van der Waals surface area contributed by atoms with Crippen molar-refractivity contribution in [1.82, 2.24) is 0 Å². The van der Waals surface area contributed by atoms with Gasteiger partial charge in [0, 0.05) is 19.3 Å². The van der Waals surface area contributed by atoms with Gasteiger partial charge in [-0.15, -0.1) is 0 Å². The van der Waals surface area contributed by atoms with E-state index >= 15 is 0 Å². The van der Waals surface area contributed by atoms with Crippen LogP contribution in [0.1, 0.15) is 201 Å². The van der Waals surface area contributed by atoms with Crippen molar-refractivity contribution in [3.8, 4) is 0 Å². The van der Waals surface area contributed by atoms with Crippen LogP contribution in [0.5, 0.6) is 0 Å². The fourth-order valence-electron chi connectivity index (χ4n) is 6.04. The van der Waals surface area contributed by atoms with Gasteiger partial charge in [0.25, 0.3) is 0 Å². The summed E-state index contributed by atoms with van der Waals surface area (Å²) in [5.74, 6) is -1.02. The molecular formula is C53H86O6. The quantitative estimate of drug-likeness (QED) is 0.0265. The minimum atomic E-state index is -0.814. The molecule has 0 aromatic heterocycles. The molecular weight excluding hydrogens is 733 g/mol. The molecule has 0 spiro atoms. The summed E-state index contributed by atoms with van der Waals surface area (Å²) < 4.78 is 16.6. The Hall–Kier alpha value is -3.67. The molecule has 0 saturated carbocycles. The average Bonchev–Trinajstić information content (AvgIpc) is 3.23. The Morgan fingerprint density at radius 3 is 1.15 bits per heavy atom. The van der Waals surface area contributed by atoms with Gasteiger partial charge in [-0.3, -0.25) is 14.4 Å². The third-order valence-electron chi connectivity index (χ3n) is 9.55. The number of ether oxygens (including phenoxy) is 3. The largest absolute Gasteiger partial charge is 0.462 e. The van der Waals surface area contributed by atoms with Gasteiger partial charge >= 0.3 is 17.9 Å². The first kappa shape index (κ1) is 55.3. The van der Waals surface area contributed by atoms with E-state index in [0.29, 0.717) is 19.3 Å². The van der Waals surface area contributed by atoms with Crippen LogP contribution in [0.3, 0.4) is 0 Å². The molecule has 1 unspecified atom stereocenters. The summed E-state index contributed by atoms with van der Waals surface area (Å²) in [7, 11) is 0. The lowest BCUT2D eigenvalue weighted by Gasteiger charge is -2.18. The molecule has 0 fully saturated rings. The van der Waals surface area contributed by atoms with Crippen LogP contribution in [0.4, 0.5) is 0 Å². The first-order valence-corrected chi connectivity index (χ1v) is 23.7. The molecule has 0 aliphatic carbocycles. The monoisotopic (exact) mass is 819 g/mol. The number of allylic oxidation sites excluding steroid dienone is 16. The van der Waals surface area contributed by atoms with Crippen molar-refractivity contribution in [3.05, 3.63) is 97.2 Å². The Kier molecular flexibility index (Phi) is 44.1. The highest BCUT2D eigenvalue weighted by molar-refractivity contribution is 5.71. The van der Waals surface area contributed by atoms with Crippen molar-refractivity contribution in [2.45, 2.75) is 207 Å². The zero-order chi connectivity index (χ0) is 43.0. The van der Waals surface area contributed by atoms with E-state index in [9.17, 15) is 14.4 Å². The summed E-state index contributed by atoms with van der Waals surface area (Å²) in [5.41, 5.74) is 0. The van der Waals surface area contributed by atoms with Crippen molar-refractivity contribution in [2.75, 3.05) is 13.2 Å². The molecule has 0 aliphatic rings. The highest BCUT2D eigenvalue weighted by Gasteiger charge is 2.19. The van der Waals surface area contributed by atoms with E-state index < -0.39 is 6.10 Å². The molecule has 0 amide bonds. The number of unbranched alkanes of at least 4 members (excludes halogenated alkanes) is 14. The summed E-state index contributed by atoms with van der Waals surface area (Å²) in [6, 6.07) is 0. The molecule has 334 valence electrons. The first-order valence-electron chi connectivity index (χ1n) is 23.7. The molecule has 0 bridgehead atoms. The minimum absolute atomic E-state index is 0.115. The fourth-order valence-corrected chi connectivity index (χ4v) is 6.04. The summed E-state index contributed by atoms with van der Waals surface area (Å²) in [5, 5.41) is 0. The standard InChI is InChI=1S/C53H86O6/c1-4-7-10-13-16-19-21-23-25-26-28-29-31-34-37-40-43-46-52(55)58-49-50(48-57-51(54)45-42-39-36-33-18-15-12-9-6-3)59-53(56)47-44-41-38-35-32-30-27-24-22-20-17-14-11-8-5-2/h7,9-10,12,16,18-20,22-23,25,28-29,33-34,37,50H,4-6,8,11,13-15,17,21,24,26-27,30-32,35-36,38-49H2,1-3H3/b10-7-,12-9-,19-16-,22-20-,25-23-,29-28-,33-18-,37-34-. The van der Waals surface area contributed by atoms with Crippen LogP contribution in [0.25, 0.3) is 0 Å². The Morgan fingerprint density at radius 2 is 0.678 bits per heavy atom. The van der Waals surface area contributed by atoms with Gasteiger partial charge in [-0.05, 0) is 109 Å². The van der Waals surface area contributed by atoms with E-state index in [1.807, 2.05) is 0 Å². The predicted octanol–water partition coefficient (Wildman–Crippen LogP) is 15.4. The average molecular weight is 819 g/mol. The number of esters is 3. The minimum Gasteiger partial charge on any atom is -0.462 e. The van der Waals surface area contributed by atoms with Crippen LogP contribution in [0.2, 0.25) is 0 Å². The molecule has 59 heavy (non-hydrogen) atoms. The number of carbonyl (C=O) groups excluding carboxylic acids is 3. The SMILES string of the molecule is CC/C=C\C/C=C\C/C=C\C/C=C\C/C=C\CCCC(=O)OCC(COC(=O)CCCC/C=C\C/C=C\CC)OC(=O)CCCCCCCCC/C=C\CCCCCC. The van der Waals surface area contributed by atoms with Crippen LogP contribution in [-0.2, 0) is 28.6 Å². The van der Waals surface area contributed by atoms with Crippen molar-refractivity contribution >= 4 is 17.9 Å². The van der Waals surface area contributed by atoms with Crippen molar-refractivity contribution in [3.63, 3.8) is 0 Å². The van der Waals surface area contributed by atoms with Crippen LogP contribution in [0.15, 0.2) is 97.2 Å². The zero-order valence-electron chi connectivity index (χ0n) is 38.0. The Balaban J connectivity index is 4.48. The van der Waals surface area contributed by atoms with Crippen LogP contribution >= 0.6 is 0 Å². The van der Waals surface area contributed by atoms with Gasteiger partial charge in [0.15, 0.2) is 6.10 Å². The molecule has 0 rings (SSSR count). The van der Waals surface area contributed by atoms with Gasteiger partial charge < -0.3 is 14.2 Å². The summed E-state index contributed by atoms with van der Waals surface area (Å²) in [6.07, 6.45) is 61.2. The molecule has 0 radical (unpaired) electrons. The summed E-state index contributed by atoms with van der Waals surface area (Å²) in [4.78, 5) is 37.7. The molecule has 0 aromatic carbocycles. The second-order valence-electron chi connectivity index (χ2n) is 15.2. The Morgan fingerprint density at radius 1 is 0.356 bits per heavy atom. The topological polar surface area (TPSA) is 78.9 Å². The second kappa shape index (κ2) is 47.0. The number of rotatable bonds is 41. The van der Waals surface area contributed by atoms with Gasteiger partial charge in [-0.25, -0.2) is 0 Å². The van der Waals surface area contributed by atoms with Crippen LogP contribution in [-0.4, -0.2) is 37.2 Å². The third-order valence-corrected chi connectivity index (χ3v) is 9.55. The van der Waals surface area contributed by atoms with Gasteiger partial charge in [0.2, 0.25) is 0 Å². The molecule has 0 saturated heterocycles. The zero-order valence-corrected chi connectivity index (χ0v) is 38.0. The van der Waals surface area contributed by atoms with Gasteiger partial charge in [-0.1, -0.05) is 169 Å². The molecule has 0 heterocycles. The predicted molar refractivity (Wildman–Crippen MR) is 251 cm³/mol. The first-order chi connectivity index (χ1) is 29.0.